The van der Waals surface area contributed by atoms with E-state index in [1.807, 2.05) is 0 Å². The van der Waals surface area contributed by atoms with Gasteiger partial charge in [-0.15, -0.1) is 0 Å². The van der Waals surface area contributed by atoms with Crippen molar-refractivity contribution in [2.24, 2.45) is 0 Å². The van der Waals surface area contributed by atoms with Crippen molar-refractivity contribution >= 4 is 21.8 Å². The van der Waals surface area contributed by atoms with E-state index < -0.39 is 0 Å². The van der Waals surface area contributed by atoms with Gasteiger partial charge in [0.25, 0.3) is 0 Å². The molecule has 1 aliphatic carbocycles. The minimum Gasteiger partial charge on any atom is -0.309 e. The predicted octanol–water partition coefficient (Wildman–Crippen LogP) is 14.6. The van der Waals surface area contributed by atoms with Crippen LogP contribution in [0.4, 0.5) is 0 Å². The molecule has 1 aromatic heterocycles. The van der Waals surface area contributed by atoms with E-state index in [4.69, 9.17) is 0 Å². The van der Waals surface area contributed by atoms with Crippen LogP contribution in [0.1, 0.15) is 60.4 Å². The van der Waals surface area contributed by atoms with E-state index in [1.165, 1.54) is 88.7 Å². The van der Waals surface area contributed by atoms with Gasteiger partial charge in [-0.25, -0.2) is 0 Å². The Balaban J connectivity index is 0.996. The molecule has 0 N–H and O–H groups in total. The number of benzene rings is 8. The number of nitrogens with zero attached hydrogens (tertiary/aromatic N) is 1. The van der Waals surface area contributed by atoms with E-state index in [0.717, 1.165) is 6.42 Å². The topological polar surface area (TPSA) is 4.93 Å². The van der Waals surface area contributed by atoms with Crippen LogP contribution in [-0.2, 0) is 11.8 Å². The molecule has 0 fully saturated rings. The lowest BCUT2D eigenvalue weighted by atomic mass is 9.77. The molecule has 9 aromatic rings. The van der Waals surface area contributed by atoms with Crippen molar-refractivity contribution < 1.29 is 0 Å². The standard InChI is InChI=1S/C55H45N/c1-37(39-23-25-42(26-24-39)44-31-33-54-50(36-44)48-19-11-13-21-53(48)56(54)45-16-8-5-9-17-45)49(43-29-27-41(28-30-43)40-14-6-4-7-15-40)34-38-22-32-47-46-18-10-12-20-51(46)55(2,3)52(47)35-38/h4-33,35-37,49H,34H2,1-3H3. The van der Waals surface area contributed by atoms with Crippen LogP contribution in [0.3, 0.4) is 0 Å². The SMILES string of the molecule is CC(c1ccc(-c2ccc3c(c2)c2ccccc2n3-c2ccccc2)cc1)C(Cc1ccc2c(c1)C(C)(C)c1ccccc1-2)c1ccc(-c2ccccc2)cc1. The van der Waals surface area contributed by atoms with Crippen molar-refractivity contribution in [3.8, 4) is 39.1 Å². The molecule has 1 heterocycles. The smallest absolute Gasteiger partial charge is 0.0541 e. The van der Waals surface area contributed by atoms with Crippen LogP contribution >= 0.6 is 0 Å². The lowest BCUT2D eigenvalue weighted by Gasteiger charge is -2.27. The summed E-state index contributed by atoms with van der Waals surface area (Å²) in [6.45, 7) is 7.18. The van der Waals surface area contributed by atoms with Gasteiger partial charge in [0.05, 0.1) is 11.0 Å². The van der Waals surface area contributed by atoms with E-state index in [-0.39, 0.29) is 5.41 Å². The number of rotatable bonds is 8. The Labute approximate surface area is 330 Å². The van der Waals surface area contributed by atoms with Gasteiger partial charge in [-0.1, -0.05) is 185 Å². The first kappa shape index (κ1) is 34.1. The first-order valence-electron chi connectivity index (χ1n) is 20.0. The third kappa shape index (κ3) is 5.78. The lowest BCUT2D eigenvalue weighted by Crippen LogP contribution is -2.16. The van der Waals surface area contributed by atoms with Crippen molar-refractivity contribution in [2.75, 3.05) is 0 Å². The molecule has 1 nitrogen and oxygen atoms in total. The van der Waals surface area contributed by atoms with E-state index in [2.05, 4.69) is 219 Å². The Bertz CT molecular complexity index is 2840. The fourth-order valence-corrected chi connectivity index (χ4v) is 9.49. The van der Waals surface area contributed by atoms with Gasteiger partial charge in [0, 0.05) is 21.9 Å². The van der Waals surface area contributed by atoms with Crippen LogP contribution < -0.4 is 0 Å². The molecule has 0 bridgehead atoms. The Hall–Kier alpha value is -6.44. The molecular formula is C55H45N. The highest BCUT2D eigenvalue weighted by Crippen LogP contribution is 2.49. The quantitative estimate of drug-likeness (QED) is 0.147. The molecule has 1 aliphatic rings. The van der Waals surface area contributed by atoms with Gasteiger partial charge in [-0.05, 0) is 110 Å². The summed E-state index contributed by atoms with van der Waals surface area (Å²) in [5.41, 5.74) is 18.4. The molecule has 2 unspecified atom stereocenters. The molecule has 270 valence electrons. The van der Waals surface area contributed by atoms with Crippen LogP contribution in [0.15, 0.2) is 194 Å². The number of hydrogen-bond acceptors (Lipinski definition) is 0. The number of aromatic nitrogens is 1. The highest BCUT2D eigenvalue weighted by atomic mass is 15.0. The third-order valence-corrected chi connectivity index (χ3v) is 12.6. The summed E-state index contributed by atoms with van der Waals surface area (Å²) in [7, 11) is 0. The summed E-state index contributed by atoms with van der Waals surface area (Å²) in [6, 6.07) is 72.0. The normalized spacial score (nSPS) is 14.1. The molecular weight excluding hydrogens is 675 g/mol. The van der Waals surface area contributed by atoms with Crippen molar-refractivity contribution in [3.05, 3.63) is 222 Å². The number of hydrogen-bond donors (Lipinski definition) is 0. The summed E-state index contributed by atoms with van der Waals surface area (Å²) >= 11 is 0. The Morgan fingerprint density at radius 1 is 0.446 bits per heavy atom. The molecule has 0 radical (unpaired) electrons. The second kappa shape index (κ2) is 13.7. The molecule has 56 heavy (non-hydrogen) atoms. The second-order valence-electron chi connectivity index (χ2n) is 16.2. The largest absolute Gasteiger partial charge is 0.309 e. The van der Waals surface area contributed by atoms with Gasteiger partial charge in [0.1, 0.15) is 0 Å². The molecule has 0 saturated heterocycles. The molecule has 10 rings (SSSR count). The van der Waals surface area contributed by atoms with Gasteiger partial charge in [0.15, 0.2) is 0 Å². The maximum absolute atomic E-state index is 2.50. The van der Waals surface area contributed by atoms with Crippen LogP contribution in [-0.4, -0.2) is 4.57 Å². The molecule has 2 atom stereocenters. The highest BCUT2D eigenvalue weighted by Gasteiger charge is 2.35. The average molecular weight is 720 g/mol. The Kier molecular flexibility index (Phi) is 8.33. The molecule has 1 heteroatoms. The van der Waals surface area contributed by atoms with Gasteiger partial charge < -0.3 is 4.57 Å². The van der Waals surface area contributed by atoms with Crippen LogP contribution in [0.25, 0.3) is 60.9 Å². The lowest BCUT2D eigenvalue weighted by molar-refractivity contribution is 0.571. The molecule has 0 saturated carbocycles. The zero-order valence-electron chi connectivity index (χ0n) is 32.3. The van der Waals surface area contributed by atoms with Crippen LogP contribution in [0, 0.1) is 0 Å². The fourth-order valence-electron chi connectivity index (χ4n) is 9.49. The first-order chi connectivity index (χ1) is 27.4. The predicted molar refractivity (Wildman–Crippen MR) is 237 cm³/mol. The Morgan fingerprint density at radius 3 is 1.79 bits per heavy atom. The second-order valence-corrected chi connectivity index (χ2v) is 16.2. The molecule has 0 amide bonds. The summed E-state index contributed by atoms with van der Waals surface area (Å²) in [4.78, 5) is 0. The zero-order chi connectivity index (χ0) is 37.8. The van der Waals surface area contributed by atoms with Crippen molar-refractivity contribution in [1.29, 1.82) is 0 Å². The van der Waals surface area contributed by atoms with Gasteiger partial charge in [-0.2, -0.15) is 0 Å². The summed E-state index contributed by atoms with van der Waals surface area (Å²) in [5.74, 6) is 0.604. The van der Waals surface area contributed by atoms with E-state index >= 15 is 0 Å². The summed E-state index contributed by atoms with van der Waals surface area (Å²) in [5, 5.41) is 2.55. The van der Waals surface area contributed by atoms with Crippen molar-refractivity contribution in [2.45, 2.75) is 44.4 Å². The van der Waals surface area contributed by atoms with E-state index in [9.17, 15) is 0 Å². The first-order valence-corrected chi connectivity index (χ1v) is 20.0. The van der Waals surface area contributed by atoms with Gasteiger partial charge in [-0.3, -0.25) is 0 Å². The maximum atomic E-state index is 2.50. The van der Waals surface area contributed by atoms with E-state index in [0.29, 0.717) is 11.8 Å². The van der Waals surface area contributed by atoms with Crippen molar-refractivity contribution in [1.82, 2.24) is 4.57 Å². The summed E-state index contributed by atoms with van der Waals surface area (Å²) < 4.78 is 2.38. The Morgan fingerprint density at radius 2 is 1.02 bits per heavy atom. The zero-order valence-corrected chi connectivity index (χ0v) is 32.3. The van der Waals surface area contributed by atoms with Crippen LogP contribution in [0.5, 0.6) is 0 Å². The minimum absolute atomic E-state index is 0.0182. The summed E-state index contributed by atoms with van der Waals surface area (Å²) in [6.07, 6.45) is 0.968. The average Bonchev–Trinajstić information content (AvgIpc) is 3.71. The monoisotopic (exact) mass is 719 g/mol. The fraction of sp³-hybridized carbons (Fsp3) is 0.127. The third-order valence-electron chi connectivity index (χ3n) is 12.6. The maximum Gasteiger partial charge on any atom is 0.0541 e. The molecule has 0 aliphatic heterocycles. The molecule has 0 spiro atoms. The highest BCUT2D eigenvalue weighted by molar-refractivity contribution is 6.10. The molecule has 8 aromatic carbocycles. The van der Waals surface area contributed by atoms with Gasteiger partial charge in [0.2, 0.25) is 0 Å². The van der Waals surface area contributed by atoms with Crippen LogP contribution in [0.2, 0.25) is 0 Å². The van der Waals surface area contributed by atoms with Gasteiger partial charge >= 0.3 is 0 Å². The number of para-hydroxylation sites is 2. The van der Waals surface area contributed by atoms with E-state index in [1.54, 1.807) is 0 Å². The minimum atomic E-state index is -0.0182. The number of fused-ring (bicyclic) bond motifs is 6. The van der Waals surface area contributed by atoms with Crippen molar-refractivity contribution in [3.63, 3.8) is 0 Å².